The van der Waals surface area contributed by atoms with Crippen molar-refractivity contribution in [2.75, 3.05) is 32.7 Å². The molecule has 30 heavy (non-hydrogen) atoms. The molecule has 3 rings (SSSR count). The number of aryl methyl sites for hydroxylation is 1. The third kappa shape index (κ3) is 5.24. The molecule has 8 nitrogen and oxygen atoms in total. The number of carbonyl (C=O) groups is 1. The summed E-state index contributed by atoms with van der Waals surface area (Å²) in [5, 5.41) is 13.9. The molecule has 0 bridgehead atoms. The van der Waals surface area contributed by atoms with Crippen LogP contribution < -0.4 is 5.43 Å². The van der Waals surface area contributed by atoms with Crippen LogP contribution in [0.1, 0.15) is 18.1 Å². The minimum atomic E-state index is -3.53. The van der Waals surface area contributed by atoms with E-state index in [1.807, 2.05) is 11.8 Å². The monoisotopic (exact) mass is 430 g/mol. The fourth-order valence-electron chi connectivity index (χ4n) is 3.21. The molecule has 0 spiro atoms. The summed E-state index contributed by atoms with van der Waals surface area (Å²) in [4.78, 5) is 14.4. The molecular weight excluding hydrogens is 404 g/mol. The molecule has 1 saturated heterocycles. The van der Waals surface area contributed by atoms with Crippen LogP contribution in [0.25, 0.3) is 0 Å². The maximum atomic E-state index is 12.8. The summed E-state index contributed by atoms with van der Waals surface area (Å²) in [6.45, 7) is 5.29. The summed E-state index contributed by atoms with van der Waals surface area (Å²) in [7, 11) is -3.53. The molecule has 0 saturated carbocycles. The van der Waals surface area contributed by atoms with Crippen LogP contribution in [0.4, 0.5) is 0 Å². The van der Waals surface area contributed by atoms with Crippen LogP contribution in [0.15, 0.2) is 58.5 Å². The van der Waals surface area contributed by atoms with Gasteiger partial charge in [0.15, 0.2) is 0 Å². The number of piperazine rings is 1. The zero-order valence-corrected chi connectivity index (χ0v) is 17.9. The van der Waals surface area contributed by atoms with E-state index in [0.29, 0.717) is 37.5 Å². The summed E-state index contributed by atoms with van der Waals surface area (Å²) in [6, 6.07) is 13.6. The van der Waals surface area contributed by atoms with Gasteiger partial charge in [0.1, 0.15) is 5.75 Å². The number of nitrogens with zero attached hydrogens (tertiary/aromatic N) is 3. The Hall–Kier alpha value is -2.75. The highest BCUT2D eigenvalue weighted by atomic mass is 32.2. The van der Waals surface area contributed by atoms with Crippen molar-refractivity contribution in [3.63, 3.8) is 0 Å². The second-order valence-electron chi connectivity index (χ2n) is 7.24. The van der Waals surface area contributed by atoms with E-state index >= 15 is 0 Å². The molecule has 1 aliphatic heterocycles. The van der Waals surface area contributed by atoms with E-state index in [4.69, 9.17) is 0 Å². The number of phenols is 1. The first-order valence-electron chi connectivity index (χ1n) is 9.68. The highest BCUT2D eigenvalue weighted by molar-refractivity contribution is 7.89. The predicted octanol–water partition coefficient (Wildman–Crippen LogP) is 1.55. The van der Waals surface area contributed by atoms with Crippen LogP contribution in [0, 0.1) is 6.92 Å². The van der Waals surface area contributed by atoms with E-state index < -0.39 is 10.0 Å². The molecule has 0 unspecified atom stereocenters. The quantitative estimate of drug-likeness (QED) is 0.535. The van der Waals surface area contributed by atoms with Gasteiger partial charge in [0.2, 0.25) is 10.0 Å². The van der Waals surface area contributed by atoms with Crippen LogP contribution in [0.2, 0.25) is 0 Å². The van der Waals surface area contributed by atoms with Crippen molar-refractivity contribution in [3.05, 3.63) is 59.7 Å². The number of nitrogens with one attached hydrogen (secondary N) is 1. The first kappa shape index (κ1) is 21.9. The topological polar surface area (TPSA) is 102 Å². The largest absolute Gasteiger partial charge is 0.507 e. The Balaban J connectivity index is 1.52. The van der Waals surface area contributed by atoms with E-state index in [0.717, 1.165) is 5.56 Å². The summed E-state index contributed by atoms with van der Waals surface area (Å²) in [6.07, 6.45) is 0. The van der Waals surface area contributed by atoms with Gasteiger partial charge in [0, 0.05) is 31.7 Å². The van der Waals surface area contributed by atoms with E-state index in [2.05, 4.69) is 10.5 Å². The maximum absolute atomic E-state index is 12.8. The summed E-state index contributed by atoms with van der Waals surface area (Å²) < 4.78 is 27.0. The summed E-state index contributed by atoms with van der Waals surface area (Å²) in [5.74, 6) is -0.196. The second-order valence-corrected chi connectivity index (χ2v) is 9.18. The molecule has 0 aromatic heterocycles. The average molecular weight is 431 g/mol. The minimum absolute atomic E-state index is 0.0962. The first-order chi connectivity index (χ1) is 14.3. The number of para-hydroxylation sites is 1. The number of amides is 1. The van der Waals surface area contributed by atoms with E-state index in [1.165, 1.54) is 4.31 Å². The number of aromatic hydroxyl groups is 1. The molecule has 1 amide bonds. The molecule has 0 radical (unpaired) electrons. The smallest absolute Gasteiger partial charge is 0.254 e. The van der Waals surface area contributed by atoms with Crippen molar-refractivity contribution in [2.45, 2.75) is 18.7 Å². The molecule has 9 heteroatoms. The molecule has 2 N–H and O–H groups in total. The lowest BCUT2D eigenvalue weighted by Crippen LogP contribution is -2.50. The summed E-state index contributed by atoms with van der Waals surface area (Å²) in [5.41, 5.74) is 4.54. The molecule has 1 heterocycles. The molecule has 1 fully saturated rings. The van der Waals surface area contributed by atoms with E-state index in [-0.39, 0.29) is 23.1 Å². The van der Waals surface area contributed by atoms with Crippen molar-refractivity contribution in [1.29, 1.82) is 0 Å². The van der Waals surface area contributed by atoms with Crippen molar-refractivity contribution in [3.8, 4) is 5.75 Å². The predicted molar refractivity (Wildman–Crippen MR) is 115 cm³/mol. The lowest BCUT2D eigenvalue weighted by molar-refractivity contribution is -0.122. The van der Waals surface area contributed by atoms with Gasteiger partial charge >= 0.3 is 0 Å². The Morgan fingerprint density at radius 2 is 1.70 bits per heavy atom. The molecule has 1 aliphatic rings. The highest BCUT2D eigenvalue weighted by Crippen LogP contribution is 2.18. The third-order valence-electron chi connectivity index (χ3n) is 5.00. The van der Waals surface area contributed by atoms with Crippen LogP contribution in [0.3, 0.4) is 0 Å². The highest BCUT2D eigenvalue weighted by Gasteiger charge is 2.28. The fraction of sp³-hybridized carbons (Fsp3) is 0.333. The lowest BCUT2D eigenvalue weighted by Gasteiger charge is -2.33. The number of hydrazone groups is 1. The van der Waals surface area contributed by atoms with Gasteiger partial charge in [-0.05, 0) is 38.1 Å². The van der Waals surface area contributed by atoms with Crippen LogP contribution in [-0.2, 0) is 14.8 Å². The number of benzene rings is 2. The lowest BCUT2D eigenvalue weighted by atomic mass is 10.1. The third-order valence-corrected chi connectivity index (χ3v) is 6.91. The maximum Gasteiger partial charge on any atom is 0.254 e. The number of phenolic OH excluding ortho intramolecular Hbond substituents is 1. The Labute approximate surface area is 176 Å². The standard InChI is InChI=1S/C21H26N4O4S/c1-16-7-9-18(10-8-16)30(28,29)25-13-11-24(12-14-25)15-21(27)23-22-17(2)19-5-3-4-6-20(19)26/h3-10,26H,11-15H2,1-2H3,(H,23,27)/b22-17-. The van der Waals surface area contributed by atoms with Crippen molar-refractivity contribution in [1.82, 2.24) is 14.6 Å². The average Bonchev–Trinajstić information content (AvgIpc) is 2.73. The Morgan fingerprint density at radius 1 is 1.07 bits per heavy atom. The number of carbonyl (C=O) groups excluding carboxylic acids is 1. The van der Waals surface area contributed by atoms with Crippen LogP contribution in [-0.4, -0.2) is 67.1 Å². The van der Waals surface area contributed by atoms with Gasteiger partial charge in [0.25, 0.3) is 5.91 Å². The Kier molecular flexibility index (Phi) is 6.86. The normalized spacial score (nSPS) is 16.4. The Bertz CT molecular complexity index is 1030. The van der Waals surface area contributed by atoms with Crippen LogP contribution in [0.5, 0.6) is 5.75 Å². The van der Waals surface area contributed by atoms with Crippen molar-refractivity contribution in [2.24, 2.45) is 5.10 Å². The van der Waals surface area contributed by atoms with Gasteiger partial charge in [0.05, 0.1) is 17.2 Å². The number of hydrogen-bond acceptors (Lipinski definition) is 6. The van der Waals surface area contributed by atoms with Gasteiger partial charge in [-0.3, -0.25) is 9.69 Å². The van der Waals surface area contributed by atoms with Gasteiger partial charge in [-0.15, -0.1) is 0 Å². The molecule has 0 atom stereocenters. The molecule has 0 aliphatic carbocycles. The van der Waals surface area contributed by atoms with E-state index in [1.54, 1.807) is 55.5 Å². The van der Waals surface area contributed by atoms with Crippen molar-refractivity contribution >= 4 is 21.6 Å². The van der Waals surface area contributed by atoms with E-state index in [9.17, 15) is 18.3 Å². The first-order valence-corrected chi connectivity index (χ1v) is 11.1. The fourth-order valence-corrected chi connectivity index (χ4v) is 4.63. The molecule has 2 aromatic carbocycles. The second kappa shape index (κ2) is 9.38. The van der Waals surface area contributed by atoms with Crippen molar-refractivity contribution < 1.29 is 18.3 Å². The van der Waals surface area contributed by atoms with Gasteiger partial charge in [-0.1, -0.05) is 29.8 Å². The molecule has 2 aromatic rings. The SMILES string of the molecule is C/C(=N/NC(=O)CN1CCN(S(=O)(=O)c2ccc(C)cc2)CC1)c1ccccc1O. The molecule has 160 valence electrons. The zero-order valence-electron chi connectivity index (χ0n) is 17.1. The van der Waals surface area contributed by atoms with Gasteiger partial charge in [-0.25, -0.2) is 13.8 Å². The minimum Gasteiger partial charge on any atom is -0.507 e. The van der Waals surface area contributed by atoms with Gasteiger partial charge in [-0.2, -0.15) is 9.41 Å². The van der Waals surface area contributed by atoms with Crippen LogP contribution >= 0.6 is 0 Å². The van der Waals surface area contributed by atoms with Gasteiger partial charge < -0.3 is 5.11 Å². The molecular formula is C21H26N4O4S. The number of rotatable bonds is 6. The zero-order chi connectivity index (χ0) is 21.7. The number of sulfonamides is 1. The number of hydrogen-bond donors (Lipinski definition) is 2. The Morgan fingerprint density at radius 3 is 2.33 bits per heavy atom. The summed E-state index contributed by atoms with van der Waals surface area (Å²) >= 11 is 0.